The molecule has 0 spiro atoms. The molecule has 2 N–H and O–H groups in total. The van der Waals surface area contributed by atoms with Crippen LogP contribution in [0.2, 0.25) is 0 Å². The first kappa shape index (κ1) is 20.7. The summed E-state index contributed by atoms with van der Waals surface area (Å²) in [6, 6.07) is 7.87. The van der Waals surface area contributed by atoms with E-state index < -0.39 is 27.2 Å². The Bertz CT molecular complexity index is 1020. The molecule has 8 heteroatoms. The van der Waals surface area contributed by atoms with E-state index in [-0.39, 0.29) is 22.6 Å². The maximum atomic E-state index is 12.7. The molecule has 2 aromatic rings. The predicted octanol–water partition coefficient (Wildman–Crippen LogP) is 2.68. The normalized spacial score (nSPS) is 11.9. The fraction of sp³-hybridized carbons (Fsp3) is 0.368. The minimum Gasteiger partial charge on any atom is -0.460 e. The van der Waals surface area contributed by atoms with Gasteiger partial charge in [0.05, 0.1) is 11.3 Å². The first-order chi connectivity index (χ1) is 12.4. The van der Waals surface area contributed by atoms with Gasteiger partial charge in [-0.2, -0.15) is 0 Å². The summed E-state index contributed by atoms with van der Waals surface area (Å²) >= 11 is 0. The molecule has 27 heavy (non-hydrogen) atoms. The summed E-state index contributed by atoms with van der Waals surface area (Å²) in [4.78, 5) is 27.1. The van der Waals surface area contributed by atoms with Crippen LogP contribution in [0.1, 0.15) is 37.6 Å². The lowest BCUT2D eigenvalue weighted by Crippen LogP contribution is -2.27. The maximum Gasteiger partial charge on any atom is 0.310 e. The van der Waals surface area contributed by atoms with Gasteiger partial charge in [0.1, 0.15) is 11.3 Å². The number of ether oxygens (including phenoxy) is 1. The smallest absolute Gasteiger partial charge is 0.310 e. The second kappa shape index (κ2) is 7.56. The lowest BCUT2D eigenvalue weighted by atomic mass is 10.1. The van der Waals surface area contributed by atoms with Crippen LogP contribution < -0.4 is 10.3 Å². The summed E-state index contributed by atoms with van der Waals surface area (Å²) in [5, 5.41) is 0. The third kappa shape index (κ3) is 5.68. The highest BCUT2D eigenvalue weighted by Crippen LogP contribution is 2.20. The minimum absolute atomic E-state index is 0.0330. The molecular formula is C19H24N2O5S. The summed E-state index contributed by atoms with van der Waals surface area (Å²) in [6.45, 7) is 8.62. The van der Waals surface area contributed by atoms with Crippen LogP contribution in [0.15, 0.2) is 40.0 Å². The van der Waals surface area contributed by atoms with Crippen molar-refractivity contribution in [2.24, 2.45) is 0 Å². The van der Waals surface area contributed by atoms with Crippen molar-refractivity contribution >= 4 is 21.7 Å². The lowest BCUT2D eigenvalue weighted by molar-refractivity contribution is -0.153. The Kier molecular flexibility index (Phi) is 5.79. The molecule has 0 amide bonds. The van der Waals surface area contributed by atoms with Crippen LogP contribution >= 0.6 is 0 Å². The number of aromatic amines is 1. The molecule has 0 unspecified atom stereocenters. The molecule has 0 aliphatic heterocycles. The van der Waals surface area contributed by atoms with Crippen LogP contribution in [0.5, 0.6) is 0 Å². The minimum atomic E-state index is -3.99. The Balaban J connectivity index is 2.42. The number of hydrogen-bond donors (Lipinski definition) is 2. The van der Waals surface area contributed by atoms with Crippen LogP contribution in [-0.4, -0.2) is 25.0 Å². The van der Waals surface area contributed by atoms with Gasteiger partial charge < -0.3 is 9.72 Å². The van der Waals surface area contributed by atoms with Crippen molar-refractivity contribution in [1.29, 1.82) is 0 Å². The lowest BCUT2D eigenvalue weighted by Gasteiger charge is -2.20. The van der Waals surface area contributed by atoms with Gasteiger partial charge in [0.2, 0.25) is 0 Å². The number of H-pyrrole nitrogens is 1. The quantitative estimate of drug-likeness (QED) is 0.761. The summed E-state index contributed by atoms with van der Waals surface area (Å²) < 4.78 is 32.9. The first-order valence-electron chi connectivity index (χ1n) is 8.41. The number of hydrogen-bond acceptors (Lipinski definition) is 5. The van der Waals surface area contributed by atoms with Crippen molar-refractivity contribution in [2.75, 3.05) is 4.72 Å². The Labute approximate surface area is 158 Å². The van der Waals surface area contributed by atoms with Crippen molar-refractivity contribution in [3.63, 3.8) is 0 Å². The van der Waals surface area contributed by atoms with E-state index in [4.69, 9.17) is 4.74 Å². The van der Waals surface area contributed by atoms with E-state index in [0.717, 1.165) is 5.56 Å². The molecule has 146 valence electrons. The first-order valence-corrected chi connectivity index (χ1v) is 9.90. The zero-order valence-electron chi connectivity index (χ0n) is 16.0. The van der Waals surface area contributed by atoms with Crippen LogP contribution in [0.3, 0.4) is 0 Å². The molecule has 0 saturated heterocycles. The molecule has 1 aromatic heterocycles. The SMILES string of the molecule is Cc1cccc(S(=O)(=O)Nc2c(CC(=O)OC(C)(C)C)cc(C)[nH]c2=O)c1. The van der Waals surface area contributed by atoms with E-state index in [9.17, 15) is 18.0 Å². The van der Waals surface area contributed by atoms with Gasteiger partial charge in [-0.25, -0.2) is 8.42 Å². The number of aryl methyl sites for hydroxylation is 2. The molecule has 2 rings (SSSR count). The molecular weight excluding hydrogens is 368 g/mol. The molecule has 0 aliphatic rings. The highest BCUT2D eigenvalue weighted by Gasteiger charge is 2.22. The van der Waals surface area contributed by atoms with Gasteiger partial charge in [-0.15, -0.1) is 0 Å². The maximum absolute atomic E-state index is 12.7. The van der Waals surface area contributed by atoms with Crippen LogP contribution in [-0.2, 0) is 26.0 Å². The van der Waals surface area contributed by atoms with Crippen LogP contribution in [0.25, 0.3) is 0 Å². The van der Waals surface area contributed by atoms with Gasteiger partial charge in [0.25, 0.3) is 15.6 Å². The molecule has 1 heterocycles. The molecule has 0 bridgehead atoms. The summed E-state index contributed by atoms with van der Waals surface area (Å²) in [5.41, 5.74) is 0.0374. The van der Waals surface area contributed by atoms with Gasteiger partial charge in [0, 0.05) is 5.69 Å². The van der Waals surface area contributed by atoms with E-state index in [0.29, 0.717) is 5.69 Å². The zero-order chi connectivity index (χ0) is 20.4. The van der Waals surface area contributed by atoms with Gasteiger partial charge in [-0.1, -0.05) is 12.1 Å². The third-order valence-electron chi connectivity index (χ3n) is 3.54. The van der Waals surface area contributed by atoms with Crippen molar-refractivity contribution in [3.8, 4) is 0 Å². The Morgan fingerprint density at radius 3 is 2.44 bits per heavy atom. The van der Waals surface area contributed by atoms with Crippen molar-refractivity contribution in [2.45, 2.75) is 51.5 Å². The number of aromatic nitrogens is 1. The summed E-state index contributed by atoms with van der Waals surface area (Å²) in [6.07, 6.45) is -0.228. The number of sulfonamides is 1. The molecule has 0 saturated carbocycles. The number of carbonyl (C=O) groups excluding carboxylic acids is 1. The average Bonchev–Trinajstić information content (AvgIpc) is 2.49. The number of esters is 1. The highest BCUT2D eigenvalue weighted by molar-refractivity contribution is 7.92. The second-order valence-electron chi connectivity index (χ2n) is 7.37. The second-order valence-corrected chi connectivity index (χ2v) is 9.05. The fourth-order valence-corrected chi connectivity index (χ4v) is 3.73. The van der Waals surface area contributed by atoms with E-state index in [1.54, 1.807) is 52.8 Å². The number of rotatable bonds is 5. The molecule has 0 aliphatic carbocycles. The van der Waals surface area contributed by atoms with E-state index in [1.807, 2.05) is 0 Å². The number of carbonyl (C=O) groups is 1. The number of benzene rings is 1. The van der Waals surface area contributed by atoms with Gasteiger partial charge in [-0.05, 0) is 63.9 Å². The van der Waals surface area contributed by atoms with Crippen LogP contribution in [0, 0.1) is 13.8 Å². The van der Waals surface area contributed by atoms with Gasteiger partial charge in [-0.3, -0.25) is 14.3 Å². The van der Waals surface area contributed by atoms with E-state index in [1.165, 1.54) is 12.1 Å². The van der Waals surface area contributed by atoms with E-state index >= 15 is 0 Å². The molecule has 0 atom stereocenters. The average molecular weight is 392 g/mol. The highest BCUT2D eigenvalue weighted by atomic mass is 32.2. The van der Waals surface area contributed by atoms with Crippen molar-refractivity contribution in [3.05, 3.63) is 57.5 Å². The van der Waals surface area contributed by atoms with Crippen molar-refractivity contribution < 1.29 is 17.9 Å². The molecule has 0 fully saturated rings. The summed E-state index contributed by atoms with van der Waals surface area (Å²) in [5.74, 6) is -0.552. The predicted molar refractivity (Wildman–Crippen MR) is 103 cm³/mol. The number of anilines is 1. The largest absolute Gasteiger partial charge is 0.460 e. The van der Waals surface area contributed by atoms with Crippen molar-refractivity contribution in [1.82, 2.24) is 4.98 Å². The van der Waals surface area contributed by atoms with E-state index in [2.05, 4.69) is 9.71 Å². The molecule has 0 radical (unpaired) electrons. The summed E-state index contributed by atoms with van der Waals surface area (Å²) in [7, 11) is -3.99. The number of nitrogens with one attached hydrogen (secondary N) is 2. The standard InChI is InChI=1S/C19H24N2O5S/c1-12-7-6-8-15(9-12)27(24,25)21-17-14(10-13(2)20-18(17)23)11-16(22)26-19(3,4)5/h6-10,21H,11H2,1-5H3,(H,20,23). The third-order valence-corrected chi connectivity index (χ3v) is 4.89. The topological polar surface area (TPSA) is 105 Å². The van der Waals surface area contributed by atoms with Crippen LogP contribution in [0.4, 0.5) is 5.69 Å². The van der Waals surface area contributed by atoms with Gasteiger partial charge in [0.15, 0.2) is 0 Å². The van der Waals surface area contributed by atoms with Gasteiger partial charge >= 0.3 is 5.97 Å². The molecule has 1 aromatic carbocycles. The Morgan fingerprint density at radius 1 is 1.19 bits per heavy atom. The molecule has 7 nitrogen and oxygen atoms in total. The number of pyridine rings is 1. The zero-order valence-corrected chi connectivity index (χ0v) is 16.9. The Hall–Kier alpha value is -2.61. The Morgan fingerprint density at radius 2 is 1.85 bits per heavy atom. The monoisotopic (exact) mass is 392 g/mol. The fourth-order valence-electron chi connectivity index (χ4n) is 2.52.